The quantitative estimate of drug-likeness (QED) is 0.559. The van der Waals surface area contributed by atoms with E-state index >= 15 is 0 Å². The molecule has 1 aliphatic heterocycles. The normalized spacial score (nSPS) is 20.7. The molecule has 7 heteroatoms. The van der Waals surface area contributed by atoms with E-state index in [1.165, 1.54) is 5.52 Å². The molecule has 1 saturated heterocycles. The summed E-state index contributed by atoms with van der Waals surface area (Å²) in [4.78, 5) is 15.8. The maximum Gasteiger partial charge on any atom is 0.193 e. The Labute approximate surface area is 166 Å². The van der Waals surface area contributed by atoms with Gasteiger partial charge in [-0.3, -0.25) is 4.99 Å². The van der Waals surface area contributed by atoms with Gasteiger partial charge < -0.3 is 19.4 Å². The highest BCUT2D eigenvalue weighted by Crippen LogP contribution is 2.27. The van der Waals surface area contributed by atoms with Gasteiger partial charge in [0.25, 0.3) is 0 Å². The molecule has 4 rings (SSSR count). The molecular formula is C21H29N7. The Bertz CT molecular complexity index is 941. The molecule has 1 aliphatic rings. The monoisotopic (exact) mass is 379 g/mol. The minimum atomic E-state index is 0.426. The lowest BCUT2D eigenvalue weighted by Crippen LogP contribution is -2.49. The van der Waals surface area contributed by atoms with Crippen molar-refractivity contribution in [3.05, 3.63) is 48.8 Å². The highest BCUT2D eigenvalue weighted by atomic mass is 15.3. The number of guanidine groups is 1. The summed E-state index contributed by atoms with van der Waals surface area (Å²) < 4.78 is 4.49. The average molecular weight is 380 g/mol. The van der Waals surface area contributed by atoms with Gasteiger partial charge >= 0.3 is 0 Å². The molecule has 0 spiro atoms. The van der Waals surface area contributed by atoms with Crippen molar-refractivity contribution < 1.29 is 0 Å². The van der Waals surface area contributed by atoms with Crippen LogP contribution >= 0.6 is 0 Å². The molecule has 148 valence electrons. The van der Waals surface area contributed by atoms with Crippen molar-refractivity contribution in [1.82, 2.24) is 29.3 Å². The summed E-state index contributed by atoms with van der Waals surface area (Å²) >= 11 is 0. The van der Waals surface area contributed by atoms with Crippen molar-refractivity contribution in [3.63, 3.8) is 0 Å². The van der Waals surface area contributed by atoms with Gasteiger partial charge in [0.1, 0.15) is 5.82 Å². The standard InChI is InChI=1S/C21H29N7/c1-16-8-11-26(14-20(16)27-12-9-23-15-27)21(22-3)24-10-13-28-17(2)25-18-6-4-5-7-19(18)28/h4-7,9,12,15-16,20H,8,10-11,13-14H2,1-3H3,(H,22,24). The molecule has 1 fully saturated rings. The van der Waals surface area contributed by atoms with Crippen LogP contribution in [0.25, 0.3) is 11.0 Å². The van der Waals surface area contributed by atoms with E-state index < -0.39 is 0 Å². The fraction of sp³-hybridized carbons (Fsp3) is 0.476. The third-order valence-electron chi connectivity index (χ3n) is 5.80. The van der Waals surface area contributed by atoms with E-state index in [-0.39, 0.29) is 0 Å². The van der Waals surface area contributed by atoms with Gasteiger partial charge in [0.2, 0.25) is 0 Å². The molecule has 2 atom stereocenters. The zero-order chi connectivity index (χ0) is 19.5. The number of nitrogens with one attached hydrogen (secondary N) is 1. The van der Waals surface area contributed by atoms with Crippen molar-refractivity contribution in [2.24, 2.45) is 10.9 Å². The van der Waals surface area contributed by atoms with Gasteiger partial charge in [-0.05, 0) is 31.4 Å². The Morgan fingerprint density at radius 3 is 2.96 bits per heavy atom. The summed E-state index contributed by atoms with van der Waals surface area (Å²) in [5.41, 5.74) is 2.24. The average Bonchev–Trinajstić information content (AvgIpc) is 3.34. The number of rotatable bonds is 4. The number of para-hydroxylation sites is 2. The number of aromatic nitrogens is 4. The van der Waals surface area contributed by atoms with Gasteiger partial charge in [-0.15, -0.1) is 0 Å². The summed E-state index contributed by atoms with van der Waals surface area (Å²) in [5.74, 6) is 2.65. The predicted octanol–water partition coefficient (Wildman–Crippen LogP) is 2.70. The first-order valence-electron chi connectivity index (χ1n) is 10.0. The van der Waals surface area contributed by atoms with E-state index in [1.807, 2.05) is 25.6 Å². The van der Waals surface area contributed by atoms with Crippen LogP contribution in [-0.4, -0.2) is 56.6 Å². The van der Waals surface area contributed by atoms with E-state index in [0.717, 1.165) is 49.9 Å². The Morgan fingerprint density at radius 1 is 1.32 bits per heavy atom. The lowest BCUT2D eigenvalue weighted by atomic mass is 9.93. The van der Waals surface area contributed by atoms with E-state index in [9.17, 15) is 0 Å². The highest BCUT2D eigenvalue weighted by molar-refractivity contribution is 5.80. The van der Waals surface area contributed by atoms with Gasteiger partial charge in [0.05, 0.1) is 23.4 Å². The zero-order valence-electron chi connectivity index (χ0n) is 16.9. The molecule has 0 radical (unpaired) electrons. The predicted molar refractivity (Wildman–Crippen MR) is 112 cm³/mol. The molecule has 3 aromatic rings. The molecule has 1 aromatic carbocycles. The summed E-state index contributed by atoms with van der Waals surface area (Å²) in [6.07, 6.45) is 6.99. The number of hydrogen-bond donors (Lipinski definition) is 1. The molecule has 28 heavy (non-hydrogen) atoms. The second-order valence-corrected chi connectivity index (χ2v) is 7.56. The van der Waals surface area contributed by atoms with Crippen LogP contribution in [0.5, 0.6) is 0 Å². The fourth-order valence-electron chi connectivity index (χ4n) is 4.18. The fourth-order valence-corrected chi connectivity index (χ4v) is 4.18. The molecule has 7 nitrogen and oxygen atoms in total. The van der Waals surface area contributed by atoms with Gasteiger partial charge in [0.15, 0.2) is 5.96 Å². The highest BCUT2D eigenvalue weighted by Gasteiger charge is 2.28. The van der Waals surface area contributed by atoms with Crippen LogP contribution in [0.4, 0.5) is 0 Å². The number of hydrogen-bond acceptors (Lipinski definition) is 3. The minimum Gasteiger partial charge on any atom is -0.354 e. The number of aliphatic imine (C=N–C) groups is 1. The number of nitrogens with zero attached hydrogens (tertiary/aromatic N) is 6. The molecule has 0 amide bonds. The Morgan fingerprint density at radius 2 is 2.18 bits per heavy atom. The molecule has 3 heterocycles. The van der Waals surface area contributed by atoms with Crippen LogP contribution in [0.1, 0.15) is 25.2 Å². The second-order valence-electron chi connectivity index (χ2n) is 7.56. The number of imidazole rings is 2. The van der Waals surface area contributed by atoms with Gasteiger partial charge in [-0.1, -0.05) is 19.1 Å². The van der Waals surface area contributed by atoms with Crippen LogP contribution < -0.4 is 5.32 Å². The van der Waals surface area contributed by atoms with Crippen LogP contribution in [0.3, 0.4) is 0 Å². The lowest BCUT2D eigenvalue weighted by Gasteiger charge is -2.39. The molecule has 1 N–H and O–H groups in total. The number of fused-ring (bicyclic) bond motifs is 1. The van der Waals surface area contributed by atoms with Crippen molar-refractivity contribution in [1.29, 1.82) is 0 Å². The summed E-state index contributed by atoms with van der Waals surface area (Å²) in [7, 11) is 1.87. The Balaban J connectivity index is 1.40. The van der Waals surface area contributed by atoms with Gasteiger partial charge in [0, 0.05) is 45.6 Å². The van der Waals surface area contributed by atoms with E-state index in [2.05, 4.69) is 72.6 Å². The van der Waals surface area contributed by atoms with Crippen LogP contribution in [0.15, 0.2) is 48.0 Å². The zero-order valence-corrected chi connectivity index (χ0v) is 16.9. The molecule has 2 unspecified atom stereocenters. The van der Waals surface area contributed by atoms with E-state index in [4.69, 9.17) is 0 Å². The Hall–Kier alpha value is -2.83. The summed E-state index contributed by atoms with van der Waals surface area (Å²) in [5, 5.41) is 3.55. The first kappa shape index (κ1) is 18.5. The number of benzene rings is 1. The van der Waals surface area contributed by atoms with Crippen molar-refractivity contribution >= 4 is 17.0 Å². The van der Waals surface area contributed by atoms with Crippen LogP contribution in [0, 0.1) is 12.8 Å². The SMILES string of the molecule is CN=C(NCCn1c(C)nc2ccccc21)N1CCC(C)C(n2ccnc2)C1. The Kier molecular flexibility index (Phi) is 5.32. The third kappa shape index (κ3) is 3.61. The summed E-state index contributed by atoms with van der Waals surface area (Å²) in [6.45, 7) is 8.04. The van der Waals surface area contributed by atoms with E-state index in [1.54, 1.807) is 0 Å². The second kappa shape index (κ2) is 8.04. The third-order valence-corrected chi connectivity index (χ3v) is 5.80. The molecule has 0 bridgehead atoms. The van der Waals surface area contributed by atoms with Crippen molar-refractivity contribution in [2.45, 2.75) is 32.9 Å². The first-order valence-corrected chi connectivity index (χ1v) is 10.0. The van der Waals surface area contributed by atoms with E-state index in [0.29, 0.717) is 12.0 Å². The first-order chi connectivity index (χ1) is 13.7. The van der Waals surface area contributed by atoms with Gasteiger partial charge in [-0.2, -0.15) is 0 Å². The number of likely N-dealkylation sites (tertiary alicyclic amines) is 1. The maximum atomic E-state index is 4.65. The van der Waals surface area contributed by atoms with Crippen molar-refractivity contribution in [3.8, 4) is 0 Å². The largest absolute Gasteiger partial charge is 0.354 e. The minimum absolute atomic E-state index is 0.426. The molecule has 0 aliphatic carbocycles. The van der Waals surface area contributed by atoms with Crippen LogP contribution in [-0.2, 0) is 6.54 Å². The maximum absolute atomic E-state index is 4.65. The molecule has 2 aromatic heterocycles. The van der Waals surface area contributed by atoms with Crippen molar-refractivity contribution in [2.75, 3.05) is 26.7 Å². The number of aryl methyl sites for hydroxylation is 1. The molecule has 0 saturated carbocycles. The van der Waals surface area contributed by atoms with Gasteiger partial charge in [-0.25, -0.2) is 9.97 Å². The molecular weight excluding hydrogens is 350 g/mol. The van der Waals surface area contributed by atoms with Crippen LogP contribution in [0.2, 0.25) is 0 Å². The number of piperidine rings is 1. The lowest BCUT2D eigenvalue weighted by molar-refractivity contribution is 0.189. The summed E-state index contributed by atoms with van der Waals surface area (Å²) in [6, 6.07) is 8.72. The smallest absolute Gasteiger partial charge is 0.193 e. The topological polar surface area (TPSA) is 63.3 Å².